The smallest absolute Gasteiger partial charge is 0.0645 e. The fraction of sp³-hybridized carbons (Fsp3) is 0. The summed E-state index contributed by atoms with van der Waals surface area (Å²) in [6.45, 7) is 0. The average Bonchev–Trinajstić information content (AvgIpc) is 3.59. The van der Waals surface area contributed by atoms with E-state index in [1.54, 1.807) is 0 Å². The summed E-state index contributed by atoms with van der Waals surface area (Å²) in [6.07, 6.45) is 0. The third kappa shape index (κ3) is 5.96. The van der Waals surface area contributed by atoms with Crippen molar-refractivity contribution in [2.45, 2.75) is 0 Å². The van der Waals surface area contributed by atoms with Gasteiger partial charge in [0.2, 0.25) is 0 Å². The molecular weight excluding hydrogens is 615 g/mol. The van der Waals surface area contributed by atoms with E-state index in [0.29, 0.717) is 0 Å². The number of anilines is 3. The molecule has 0 aliphatic heterocycles. The molecule has 0 aromatic heterocycles. The van der Waals surface area contributed by atoms with Crippen molar-refractivity contribution in [2.24, 2.45) is 0 Å². The predicted octanol–water partition coefficient (Wildman–Crippen LogP) is 14.1. The Balaban J connectivity index is 1.34. The maximum absolute atomic E-state index is 9.52. The van der Waals surface area contributed by atoms with Gasteiger partial charge in [-0.05, 0) is 102 Å². The number of rotatable bonds is 7. The summed E-state index contributed by atoms with van der Waals surface area (Å²) in [5, 5.41) is -1.32. The molecular formula is C50H35N. The van der Waals surface area contributed by atoms with Gasteiger partial charge in [0.1, 0.15) is 0 Å². The van der Waals surface area contributed by atoms with Crippen molar-refractivity contribution < 1.29 is 41.1 Å². The largest absolute Gasteiger partial charge is 0.311 e. The van der Waals surface area contributed by atoms with Gasteiger partial charge in [-0.25, -0.2) is 0 Å². The molecule has 9 aromatic rings. The lowest BCUT2D eigenvalue weighted by Crippen LogP contribution is -2.09. The van der Waals surface area contributed by atoms with Crippen molar-refractivity contribution in [3.05, 3.63) is 212 Å². The van der Waals surface area contributed by atoms with Crippen molar-refractivity contribution >= 4 is 38.6 Å². The standard InChI is InChI=1S/C50H35N/c1-2-10-36(11-3-1)38-24-30-44(31-25-38)51(46-34-28-43(29-35-46)50-19-9-15-41-13-5-7-17-48(41)50)45-32-26-39(27-33-45)37-20-22-42(23-21-37)49-18-8-14-40-12-4-6-16-47(40)49/h1-35H/i1D,2D,3D,4D,5D,6D,7D,8D,9D,10D,11D,12D,13D,14D,15D,18D,19D,20D,21D,22D,23D,24D,25D,26D,27D,28D,29D,30D,31D,34D. The van der Waals surface area contributed by atoms with Crippen LogP contribution in [0.4, 0.5) is 17.1 Å². The van der Waals surface area contributed by atoms with E-state index in [1.165, 1.54) is 0 Å². The van der Waals surface area contributed by atoms with Crippen LogP contribution in [0.5, 0.6) is 0 Å². The van der Waals surface area contributed by atoms with E-state index in [2.05, 4.69) is 0 Å². The lowest BCUT2D eigenvalue weighted by Gasteiger charge is -2.26. The summed E-state index contributed by atoms with van der Waals surface area (Å²) in [5.74, 6) is 0. The Hall–Kier alpha value is -6.70. The average molecular weight is 680 g/mol. The van der Waals surface area contributed by atoms with E-state index in [9.17, 15) is 17.8 Å². The van der Waals surface area contributed by atoms with E-state index < -0.39 is 243 Å². The SMILES string of the molecule is [2H]c1cc2c(-c3c([2H])cc(N(c4cc([2H])c(-c5c([2H])c([2H])c(-c6c([2H])c([2H])c([2H])c7c([2H])c([2H])c([2H])cc67)c([2H])c5[2H])c([2H])c4)c4c([2H])c([2H])c(-c5c([2H])c([2H])c([2H])c([2H])c5[2H])c([2H])c4[2H])c([2H])c3[2H])c([2H])c([2H])c([2H])c2c([2H])c1[2H]. The van der Waals surface area contributed by atoms with Crippen molar-refractivity contribution in [1.29, 1.82) is 0 Å². The minimum atomic E-state index is -1.05. The van der Waals surface area contributed by atoms with E-state index in [1.807, 2.05) is 0 Å². The number of benzene rings is 9. The van der Waals surface area contributed by atoms with Crippen LogP contribution < -0.4 is 4.90 Å². The van der Waals surface area contributed by atoms with Crippen LogP contribution in [0.3, 0.4) is 0 Å². The number of hydrogen-bond donors (Lipinski definition) is 0. The maximum atomic E-state index is 9.52. The first-order valence-corrected chi connectivity index (χ1v) is 15.1. The van der Waals surface area contributed by atoms with Crippen LogP contribution in [-0.4, -0.2) is 0 Å². The normalized spacial score (nSPS) is 19.4. The Morgan fingerprint density at radius 2 is 0.686 bits per heavy atom. The van der Waals surface area contributed by atoms with Gasteiger partial charge in [-0.15, -0.1) is 0 Å². The third-order valence-corrected chi connectivity index (χ3v) is 7.64. The highest BCUT2D eigenvalue weighted by Gasteiger charge is 2.14. The lowest BCUT2D eigenvalue weighted by molar-refractivity contribution is 1.28. The summed E-state index contributed by atoms with van der Waals surface area (Å²) in [4.78, 5) is 0.726. The predicted molar refractivity (Wildman–Crippen MR) is 218 cm³/mol. The van der Waals surface area contributed by atoms with Crippen LogP contribution in [0.15, 0.2) is 212 Å². The van der Waals surface area contributed by atoms with Crippen LogP contribution in [0.1, 0.15) is 41.1 Å². The molecule has 240 valence electrons. The molecule has 0 spiro atoms. The van der Waals surface area contributed by atoms with Gasteiger partial charge in [0, 0.05) is 17.1 Å². The zero-order chi connectivity index (χ0) is 60.1. The molecule has 0 N–H and O–H groups in total. The van der Waals surface area contributed by atoms with Gasteiger partial charge >= 0.3 is 0 Å². The van der Waals surface area contributed by atoms with Gasteiger partial charge in [0.25, 0.3) is 0 Å². The molecule has 0 aliphatic carbocycles. The van der Waals surface area contributed by atoms with Gasteiger partial charge in [0.15, 0.2) is 0 Å². The Morgan fingerprint density at radius 1 is 0.275 bits per heavy atom. The van der Waals surface area contributed by atoms with Crippen molar-refractivity contribution in [2.75, 3.05) is 4.90 Å². The highest BCUT2D eigenvalue weighted by atomic mass is 15.1. The monoisotopic (exact) mass is 679 g/mol. The minimum Gasteiger partial charge on any atom is -0.311 e. The van der Waals surface area contributed by atoms with E-state index in [4.69, 9.17) is 23.3 Å². The fourth-order valence-electron chi connectivity index (χ4n) is 5.24. The first-order valence-electron chi connectivity index (χ1n) is 30.1. The Morgan fingerprint density at radius 3 is 1.31 bits per heavy atom. The van der Waals surface area contributed by atoms with Crippen LogP contribution in [0, 0.1) is 0 Å². The molecule has 0 bridgehead atoms. The first-order chi connectivity index (χ1) is 37.7. The molecule has 0 heterocycles. The molecule has 0 radical (unpaired) electrons. The quantitative estimate of drug-likeness (QED) is 0.162. The Kier molecular flexibility index (Phi) is 3.20. The maximum Gasteiger partial charge on any atom is 0.0645 e. The number of fused-ring (bicyclic) bond motifs is 2. The topological polar surface area (TPSA) is 3.24 Å². The Bertz CT molecular complexity index is 4240. The van der Waals surface area contributed by atoms with Crippen molar-refractivity contribution in [3.63, 3.8) is 0 Å². The summed E-state index contributed by atoms with van der Waals surface area (Å²) in [7, 11) is 0. The minimum absolute atomic E-state index is 0.275. The van der Waals surface area contributed by atoms with Gasteiger partial charge in [-0.2, -0.15) is 0 Å². The Labute approximate surface area is 341 Å². The molecule has 1 heteroatoms. The van der Waals surface area contributed by atoms with E-state index in [0.717, 1.165) is 35.2 Å². The molecule has 0 atom stereocenters. The summed E-state index contributed by atoms with van der Waals surface area (Å²) >= 11 is 0. The zero-order valence-electron chi connectivity index (χ0n) is 55.8. The van der Waals surface area contributed by atoms with Crippen molar-refractivity contribution in [3.8, 4) is 44.5 Å². The van der Waals surface area contributed by atoms with Gasteiger partial charge in [-0.1, -0.05) is 175 Å². The third-order valence-electron chi connectivity index (χ3n) is 7.64. The first kappa shape index (κ1) is 12.3. The molecule has 0 saturated heterocycles. The highest BCUT2D eigenvalue weighted by molar-refractivity contribution is 5.98. The second-order valence-corrected chi connectivity index (χ2v) is 10.6. The second kappa shape index (κ2) is 13.3. The number of hydrogen-bond acceptors (Lipinski definition) is 1. The molecule has 0 amide bonds. The summed E-state index contributed by atoms with van der Waals surface area (Å²) in [6, 6.07) is -20.2. The van der Waals surface area contributed by atoms with Crippen LogP contribution >= 0.6 is 0 Å². The molecule has 1 nitrogen and oxygen atoms in total. The molecule has 9 rings (SSSR count). The summed E-state index contributed by atoms with van der Waals surface area (Å²) < 4.78 is 265. The van der Waals surface area contributed by atoms with Gasteiger partial charge < -0.3 is 4.90 Å². The van der Waals surface area contributed by atoms with Gasteiger partial charge in [0.05, 0.1) is 41.1 Å². The molecule has 0 fully saturated rings. The fourth-order valence-corrected chi connectivity index (χ4v) is 5.24. The lowest BCUT2D eigenvalue weighted by atomic mass is 9.96. The van der Waals surface area contributed by atoms with E-state index in [-0.39, 0.29) is 21.5 Å². The van der Waals surface area contributed by atoms with Crippen LogP contribution in [0.2, 0.25) is 0 Å². The zero-order valence-corrected chi connectivity index (χ0v) is 25.8. The number of nitrogens with zero attached hydrogens (tertiary/aromatic N) is 1. The molecule has 9 aromatic carbocycles. The molecule has 0 saturated carbocycles. The van der Waals surface area contributed by atoms with Crippen molar-refractivity contribution in [1.82, 2.24) is 0 Å². The molecule has 0 aliphatic rings. The van der Waals surface area contributed by atoms with Crippen LogP contribution in [-0.2, 0) is 0 Å². The second-order valence-electron chi connectivity index (χ2n) is 10.6. The molecule has 0 unspecified atom stereocenters. The summed E-state index contributed by atoms with van der Waals surface area (Å²) in [5.41, 5.74) is -7.02. The van der Waals surface area contributed by atoms with E-state index >= 15 is 0 Å². The molecule has 51 heavy (non-hydrogen) atoms. The van der Waals surface area contributed by atoms with Crippen LogP contribution in [0.25, 0.3) is 66.1 Å². The van der Waals surface area contributed by atoms with Gasteiger partial charge in [-0.3, -0.25) is 0 Å². The highest BCUT2D eigenvalue weighted by Crippen LogP contribution is 2.39.